The van der Waals surface area contributed by atoms with E-state index in [1.54, 1.807) is 0 Å². The summed E-state index contributed by atoms with van der Waals surface area (Å²) in [5, 5.41) is 3.19. The lowest BCUT2D eigenvalue weighted by atomic mass is 9.92. The van der Waals surface area contributed by atoms with E-state index in [0.29, 0.717) is 18.7 Å². The molecule has 0 radical (unpaired) electrons. The summed E-state index contributed by atoms with van der Waals surface area (Å²) in [7, 11) is 1.27. The highest BCUT2D eigenvalue weighted by Crippen LogP contribution is 2.34. The molecule has 7 heteroatoms. The first-order valence-corrected chi connectivity index (χ1v) is 6.68. The smallest absolute Gasteiger partial charge is 0.338 e. The van der Waals surface area contributed by atoms with Crippen LogP contribution in [0.2, 0.25) is 5.15 Å². The molecule has 0 unspecified atom stereocenters. The maximum absolute atomic E-state index is 13.1. The molecule has 0 aromatic carbocycles. The summed E-state index contributed by atoms with van der Waals surface area (Å²) in [6, 6.07) is 2.81. The summed E-state index contributed by atoms with van der Waals surface area (Å²) in [4.78, 5) is 15.5. The van der Waals surface area contributed by atoms with Crippen LogP contribution < -0.4 is 5.32 Å². The number of carbonyl (C=O) groups excluding carboxylic acids is 1. The van der Waals surface area contributed by atoms with Crippen molar-refractivity contribution in [3.63, 3.8) is 0 Å². The Balaban J connectivity index is 2.06. The number of anilines is 1. The first-order chi connectivity index (χ1) is 9.39. The van der Waals surface area contributed by atoms with Gasteiger partial charge in [-0.3, -0.25) is 0 Å². The van der Waals surface area contributed by atoms with Gasteiger partial charge in [-0.2, -0.15) is 0 Å². The molecule has 0 amide bonds. The van der Waals surface area contributed by atoms with Gasteiger partial charge in [-0.25, -0.2) is 18.6 Å². The SMILES string of the molecule is COC(=O)c1cc(Cl)nc(NC2CCC(F)(F)CC2)c1. The van der Waals surface area contributed by atoms with Gasteiger partial charge < -0.3 is 10.1 Å². The minimum Gasteiger partial charge on any atom is -0.465 e. The average Bonchev–Trinajstić information content (AvgIpc) is 2.39. The van der Waals surface area contributed by atoms with Crippen LogP contribution in [-0.2, 0) is 4.74 Å². The molecule has 0 spiro atoms. The van der Waals surface area contributed by atoms with Crippen molar-refractivity contribution in [2.75, 3.05) is 12.4 Å². The van der Waals surface area contributed by atoms with Crippen LogP contribution in [0, 0.1) is 0 Å². The predicted octanol–water partition coefficient (Wildman–Crippen LogP) is 3.51. The van der Waals surface area contributed by atoms with E-state index >= 15 is 0 Å². The molecule has 20 heavy (non-hydrogen) atoms. The second kappa shape index (κ2) is 5.91. The lowest BCUT2D eigenvalue weighted by molar-refractivity contribution is -0.0361. The second-order valence-corrected chi connectivity index (χ2v) is 5.22. The fourth-order valence-electron chi connectivity index (χ4n) is 2.20. The van der Waals surface area contributed by atoms with E-state index in [4.69, 9.17) is 11.6 Å². The van der Waals surface area contributed by atoms with Gasteiger partial charge in [0.25, 0.3) is 0 Å². The molecule has 1 aliphatic rings. The molecule has 1 heterocycles. The maximum Gasteiger partial charge on any atom is 0.338 e. The van der Waals surface area contributed by atoms with E-state index in [1.165, 1.54) is 19.2 Å². The van der Waals surface area contributed by atoms with Crippen molar-refractivity contribution in [1.29, 1.82) is 0 Å². The topological polar surface area (TPSA) is 51.2 Å². The van der Waals surface area contributed by atoms with Gasteiger partial charge in [-0.15, -0.1) is 0 Å². The molecule has 0 bridgehead atoms. The third kappa shape index (κ3) is 3.79. The quantitative estimate of drug-likeness (QED) is 0.686. The molecule has 1 aliphatic carbocycles. The van der Waals surface area contributed by atoms with Crippen molar-refractivity contribution in [3.8, 4) is 0 Å². The van der Waals surface area contributed by atoms with Crippen LogP contribution in [0.15, 0.2) is 12.1 Å². The lowest BCUT2D eigenvalue weighted by Crippen LogP contribution is -2.32. The van der Waals surface area contributed by atoms with Crippen molar-refractivity contribution in [3.05, 3.63) is 22.8 Å². The zero-order chi connectivity index (χ0) is 14.8. The Morgan fingerprint density at radius 3 is 2.70 bits per heavy atom. The normalized spacial score (nSPS) is 18.6. The van der Waals surface area contributed by atoms with Gasteiger partial charge in [-0.05, 0) is 25.0 Å². The Hall–Kier alpha value is -1.43. The summed E-state index contributed by atoms with van der Waals surface area (Å²) in [5.74, 6) is -2.70. The number of nitrogens with one attached hydrogen (secondary N) is 1. The number of carbonyl (C=O) groups is 1. The van der Waals surface area contributed by atoms with Gasteiger partial charge in [0.15, 0.2) is 0 Å². The van der Waals surface area contributed by atoms with Crippen LogP contribution in [0.3, 0.4) is 0 Å². The Labute approximate surface area is 120 Å². The zero-order valence-electron chi connectivity index (χ0n) is 11.0. The van der Waals surface area contributed by atoms with E-state index < -0.39 is 11.9 Å². The van der Waals surface area contributed by atoms with Crippen molar-refractivity contribution in [1.82, 2.24) is 4.98 Å². The van der Waals surface area contributed by atoms with Crippen LogP contribution in [0.4, 0.5) is 14.6 Å². The molecule has 110 valence electrons. The summed E-state index contributed by atoms with van der Waals surface area (Å²) in [6.45, 7) is 0. The number of aromatic nitrogens is 1. The number of alkyl halides is 2. The number of rotatable bonds is 3. The van der Waals surface area contributed by atoms with Crippen molar-refractivity contribution >= 4 is 23.4 Å². The van der Waals surface area contributed by atoms with Crippen LogP contribution in [0.1, 0.15) is 36.0 Å². The van der Waals surface area contributed by atoms with Crippen molar-refractivity contribution in [2.24, 2.45) is 0 Å². The third-order valence-corrected chi connectivity index (χ3v) is 3.48. The fraction of sp³-hybridized carbons (Fsp3) is 0.538. The number of ether oxygens (including phenoxy) is 1. The van der Waals surface area contributed by atoms with Gasteiger partial charge in [0.1, 0.15) is 11.0 Å². The number of hydrogen-bond acceptors (Lipinski definition) is 4. The zero-order valence-corrected chi connectivity index (χ0v) is 11.7. The highest BCUT2D eigenvalue weighted by atomic mass is 35.5. The molecule has 4 nitrogen and oxygen atoms in total. The molecule has 1 saturated carbocycles. The number of esters is 1. The number of pyridine rings is 1. The molecule has 0 saturated heterocycles. The number of nitrogens with zero attached hydrogens (tertiary/aromatic N) is 1. The average molecular weight is 305 g/mol. The standard InChI is InChI=1S/C13H15ClF2N2O2/c1-20-12(19)8-6-10(14)18-11(7-8)17-9-2-4-13(15,16)5-3-9/h6-7,9H,2-5H2,1H3,(H,17,18). The van der Waals surface area contributed by atoms with Crippen molar-refractivity contribution in [2.45, 2.75) is 37.6 Å². The van der Waals surface area contributed by atoms with Crippen LogP contribution in [0.25, 0.3) is 0 Å². The lowest BCUT2D eigenvalue weighted by Gasteiger charge is -2.29. The molecule has 1 aromatic rings. The first kappa shape index (κ1) is 15.0. The van der Waals surface area contributed by atoms with Gasteiger partial charge >= 0.3 is 5.97 Å². The van der Waals surface area contributed by atoms with E-state index in [1.807, 2.05) is 0 Å². The van der Waals surface area contributed by atoms with E-state index in [9.17, 15) is 13.6 Å². The molecule has 2 rings (SSSR count). The summed E-state index contributed by atoms with van der Waals surface area (Å²) in [6.07, 6.45) is 0.424. The molecular formula is C13H15ClF2N2O2. The summed E-state index contributed by atoms with van der Waals surface area (Å²) in [5.41, 5.74) is 0.274. The third-order valence-electron chi connectivity index (χ3n) is 3.28. The summed E-state index contributed by atoms with van der Waals surface area (Å²) >= 11 is 5.84. The molecular weight excluding hydrogens is 290 g/mol. The Kier molecular flexibility index (Phi) is 4.42. The fourth-order valence-corrected chi connectivity index (χ4v) is 2.41. The van der Waals surface area contributed by atoms with E-state index in [2.05, 4.69) is 15.0 Å². The molecule has 0 atom stereocenters. The van der Waals surface area contributed by atoms with Gasteiger partial charge in [-0.1, -0.05) is 11.6 Å². The minimum absolute atomic E-state index is 0.0916. The molecule has 0 aliphatic heterocycles. The molecule has 1 fully saturated rings. The van der Waals surface area contributed by atoms with E-state index in [0.717, 1.165) is 0 Å². The van der Waals surface area contributed by atoms with Crippen molar-refractivity contribution < 1.29 is 18.3 Å². The van der Waals surface area contributed by atoms with Gasteiger partial charge in [0, 0.05) is 18.9 Å². The monoisotopic (exact) mass is 304 g/mol. The number of hydrogen-bond donors (Lipinski definition) is 1. The highest BCUT2D eigenvalue weighted by Gasteiger charge is 2.34. The molecule has 1 N–H and O–H groups in total. The Morgan fingerprint density at radius 1 is 1.45 bits per heavy atom. The van der Waals surface area contributed by atoms with E-state index in [-0.39, 0.29) is 29.6 Å². The van der Waals surface area contributed by atoms with Crippen LogP contribution in [-0.4, -0.2) is 30.0 Å². The minimum atomic E-state index is -2.57. The Bertz CT molecular complexity index is 501. The maximum atomic E-state index is 13.1. The number of methoxy groups -OCH3 is 1. The number of halogens is 3. The van der Waals surface area contributed by atoms with Crippen LogP contribution in [0.5, 0.6) is 0 Å². The largest absolute Gasteiger partial charge is 0.465 e. The first-order valence-electron chi connectivity index (χ1n) is 6.30. The van der Waals surface area contributed by atoms with Crippen LogP contribution >= 0.6 is 11.6 Å². The Morgan fingerprint density at radius 2 is 2.10 bits per heavy atom. The predicted molar refractivity (Wildman–Crippen MR) is 71.4 cm³/mol. The highest BCUT2D eigenvalue weighted by molar-refractivity contribution is 6.29. The summed E-state index contributed by atoms with van der Waals surface area (Å²) < 4.78 is 30.8. The molecule has 1 aromatic heterocycles. The van der Waals surface area contributed by atoms with Gasteiger partial charge in [0.05, 0.1) is 12.7 Å². The second-order valence-electron chi connectivity index (χ2n) is 4.83. The van der Waals surface area contributed by atoms with Gasteiger partial charge in [0.2, 0.25) is 5.92 Å².